The van der Waals surface area contributed by atoms with Crippen LogP contribution < -0.4 is 0 Å². The summed E-state index contributed by atoms with van der Waals surface area (Å²) in [4.78, 5) is 23.0. The molecule has 0 unspecified atom stereocenters. The van der Waals surface area contributed by atoms with Crippen LogP contribution in [0.1, 0.15) is 33.6 Å². The minimum atomic E-state index is -0.606. The molecule has 0 N–H and O–H groups in total. The van der Waals surface area contributed by atoms with Crippen LogP contribution in [-0.2, 0) is 19.1 Å². The quantitative estimate of drug-likeness (QED) is 0.665. The standard InChI is InChI=1S/C11H18O4/c1-7(2)15-11(13)8(3)10-9(12)5-4-6-14-10/h7-8,10H,4-6H2,1-3H3/t8-,10+/m0/s1. The number of esters is 1. The summed E-state index contributed by atoms with van der Waals surface area (Å²) in [6.07, 6.45) is 0.495. The van der Waals surface area contributed by atoms with E-state index in [1.165, 1.54) is 0 Å². The maximum Gasteiger partial charge on any atom is 0.312 e. The number of hydrogen-bond donors (Lipinski definition) is 0. The molecule has 0 aromatic carbocycles. The van der Waals surface area contributed by atoms with Crippen molar-refractivity contribution in [3.63, 3.8) is 0 Å². The molecule has 0 radical (unpaired) electrons. The average molecular weight is 214 g/mol. The molecule has 1 aliphatic heterocycles. The molecule has 4 nitrogen and oxygen atoms in total. The number of ether oxygens (including phenoxy) is 2. The first-order valence-electron chi connectivity index (χ1n) is 5.37. The summed E-state index contributed by atoms with van der Waals surface area (Å²) in [5, 5.41) is 0. The Morgan fingerprint density at radius 2 is 2.13 bits per heavy atom. The summed E-state index contributed by atoms with van der Waals surface area (Å²) in [6, 6.07) is 0. The molecule has 1 fully saturated rings. The van der Waals surface area contributed by atoms with E-state index in [-0.39, 0.29) is 17.9 Å². The Labute approximate surface area is 89.9 Å². The highest BCUT2D eigenvalue weighted by Crippen LogP contribution is 2.18. The van der Waals surface area contributed by atoms with E-state index in [0.717, 1.165) is 6.42 Å². The van der Waals surface area contributed by atoms with Gasteiger partial charge in [-0.1, -0.05) is 0 Å². The maximum absolute atomic E-state index is 11.5. The molecule has 0 bridgehead atoms. The molecule has 0 aromatic heterocycles. The molecule has 1 saturated heterocycles. The molecule has 4 heteroatoms. The van der Waals surface area contributed by atoms with Crippen molar-refractivity contribution in [2.75, 3.05) is 6.61 Å². The van der Waals surface area contributed by atoms with Gasteiger partial charge in [0.25, 0.3) is 0 Å². The van der Waals surface area contributed by atoms with E-state index in [0.29, 0.717) is 13.0 Å². The fraction of sp³-hybridized carbons (Fsp3) is 0.818. The van der Waals surface area contributed by atoms with Crippen LogP contribution in [0.15, 0.2) is 0 Å². The van der Waals surface area contributed by atoms with Gasteiger partial charge in [-0.2, -0.15) is 0 Å². The second-order valence-corrected chi connectivity index (χ2v) is 4.14. The van der Waals surface area contributed by atoms with E-state index in [1.807, 2.05) is 0 Å². The van der Waals surface area contributed by atoms with E-state index < -0.39 is 12.0 Å². The zero-order valence-corrected chi connectivity index (χ0v) is 9.49. The van der Waals surface area contributed by atoms with Crippen LogP contribution in [0.3, 0.4) is 0 Å². The number of ketones is 1. The molecule has 0 saturated carbocycles. The van der Waals surface area contributed by atoms with Gasteiger partial charge in [-0.15, -0.1) is 0 Å². The third kappa shape index (κ3) is 3.30. The lowest BCUT2D eigenvalue weighted by Gasteiger charge is -2.26. The summed E-state index contributed by atoms with van der Waals surface area (Å²) < 4.78 is 10.3. The molecule has 1 heterocycles. The lowest BCUT2D eigenvalue weighted by Crippen LogP contribution is -2.40. The Bertz CT molecular complexity index is 247. The number of carbonyl (C=O) groups is 2. The highest BCUT2D eigenvalue weighted by atomic mass is 16.5. The average Bonchev–Trinajstić information content (AvgIpc) is 2.16. The first-order valence-corrected chi connectivity index (χ1v) is 5.37. The second-order valence-electron chi connectivity index (χ2n) is 4.14. The van der Waals surface area contributed by atoms with E-state index in [1.54, 1.807) is 20.8 Å². The molecule has 0 aromatic rings. The topological polar surface area (TPSA) is 52.6 Å². The minimum absolute atomic E-state index is 0.00876. The van der Waals surface area contributed by atoms with Gasteiger partial charge < -0.3 is 9.47 Å². The van der Waals surface area contributed by atoms with Gasteiger partial charge in [0, 0.05) is 13.0 Å². The van der Waals surface area contributed by atoms with Gasteiger partial charge in [-0.05, 0) is 27.2 Å². The van der Waals surface area contributed by atoms with Gasteiger partial charge >= 0.3 is 5.97 Å². The first kappa shape index (κ1) is 12.2. The minimum Gasteiger partial charge on any atom is -0.463 e. The lowest BCUT2D eigenvalue weighted by molar-refractivity contribution is -0.163. The van der Waals surface area contributed by atoms with Gasteiger partial charge in [0.2, 0.25) is 0 Å². The molecule has 15 heavy (non-hydrogen) atoms. The Balaban J connectivity index is 2.54. The molecule has 1 aliphatic rings. The first-order chi connectivity index (χ1) is 7.02. The summed E-state index contributed by atoms with van der Waals surface area (Å²) in [7, 11) is 0. The van der Waals surface area contributed by atoms with Crippen molar-refractivity contribution in [1.29, 1.82) is 0 Å². The van der Waals surface area contributed by atoms with Crippen LogP contribution in [0.5, 0.6) is 0 Å². The maximum atomic E-state index is 11.5. The van der Waals surface area contributed by atoms with E-state index in [9.17, 15) is 9.59 Å². The van der Waals surface area contributed by atoms with E-state index in [4.69, 9.17) is 9.47 Å². The Hall–Kier alpha value is -0.900. The molecule has 0 amide bonds. The number of rotatable bonds is 3. The molecular formula is C11H18O4. The highest BCUT2D eigenvalue weighted by molar-refractivity contribution is 5.89. The number of hydrogen-bond acceptors (Lipinski definition) is 4. The highest BCUT2D eigenvalue weighted by Gasteiger charge is 2.34. The van der Waals surface area contributed by atoms with Crippen LogP contribution in [0.25, 0.3) is 0 Å². The number of Topliss-reactive ketones (excluding diaryl/α,β-unsaturated/α-hetero) is 1. The SMILES string of the molecule is CC(C)OC(=O)[C@@H](C)[C@H]1OCCCC1=O. The van der Waals surface area contributed by atoms with Crippen molar-refractivity contribution < 1.29 is 19.1 Å². The predicted octanol–water partition coefficient (Wildman–Crippen LogP) is 1.32. The zero-order chi connectivity index (χ0) is 11.4. The van der Waals surface area contributed by atoms with Crippen molar-refractivity contribution in [3.8, 4) is 0 Å². The summed E-state index contributed by atoms with van der Waals surface area (Å²) in [5.74, 6) is -0.847. The fourth-order valence-electron chi connectivity index (χ4n) is 1.58. The molecule has 86 valence electrons. The van der Waals surface area contributed by atoms with Gasteiger partial charge in [0.1, 0.15) is 6.10 Å². The van der Waals surface area contributed by atoms with Crippen molar-refractivity contribution in [1.82, 2.24) is 0 Å². The predicted molar refractivity (Wildman–Crippen MR) is 54.4 cm³/mol. The third-order valence-corrected chi connectivity index (χ3v) is 2.36. The normalized spacial score (nSPS) is 24.0. The third-order valence-electron chi connectivity index (χ3n) is 2.36. The van der Waals surface area contributed by atoms with Gasteiger partial charge in [0.05, 0.1) is 12.0 Å². The smallest absolute Gasteiger partial charge is 0.312 e. The summed E-state index contributed by atoms with van der Waals surface area (Å²) >= 11 is 0. The van der Waals surface area contributed by atoms with Crippen LogP contribution >= 0.6 is 0 Å². The Morgan fingerprint density at radius 1 is 1.47 bits per heavy atom. The molecule has 2 atom stereocenters. The van der Waals surface area contributed by atoms with Gasteiger partial charge in [-0.3, -0.25) is 9.59 Å². The Morgan fingerprint density at radius 3 is 2.67 bits per heavy atom. The lowest BCUT2D eigenvalue weighted by atomic mass is 9.96. The van der Waals surface area contributed by atoms with E-state index >= 15 is 0 Å². The summed E-state index contributed by atoms with van der Waals surface area (Å²) in [5.41, 5.74) is 0. The molecule has 1 rings (SSSR count). The van der Waals surface area contributed by atoms with Crippen molar-refractivity contribution >= 4 is 11.8 Å². The zero-order valence-electron chi connectivity index (χ0n) is 9.49. The van der Waals surface area contributed by atoms with Crippen LogP contribution in [-0.4, -0.2) is 30.6 Å². The van der Waals surface area contributed by atoms with Gasteiger partial charge in [-0.25, -0.2) is 0 Å². The molecule has 0 aliphatic carbocycles. The summed E-state index contributed by atoms with van der Waals surface area (Å²) in [6.45, 7) is 5.80. The van der Waals surface area contributed by atoms with Crippen molar-refractivity contribution in [3.05, 3.63) is 0 Å². The van der Waals surface area contributed by atoms with Crippen molar-refractivity contribution in [2.45, 2.75) is 45.8 Å². The molecule has 0 spiro atoms. The van der Waals surface area contributed by atoms with Gasteiger partial charge in [0.15, 0.2) is 5.78 Å². The van der Waals surface area contributed by atoms with Crippen molar-refractivity contribution in [2.24, 2.45) is 5.92 Å². The molecular weight excluding hydrogens is 196 g/mol. The Kier molecular flexibility index (Phi) is 4.27. The fourth-order valence-corrected chi connectivity index (χ4v) is 1.58. The van der Waals surface area contributed by atoms with Crippen LogP contribution in [0.4, 0.5) is 0 Å². The largest absolute Gasteiger partial charge is 0.463 e. The van der Waals surface area contributed by atoms with E-state index in [2.05, 4.69) is 0 Å². The van der Waals surface area contributed by atoms with Crippen LogP contribution in [0, 0.1) is 5.92 Å². The monoisotopic (exact) mass is 214 g/mol. The number of carbonyl (C=O) groups excluding carboxylic acids is 2. The second kappa shape index (κ2) is 5.26. The van der Waals surface area contributed by atoms with Crippen LogP contribution in [0.2, 0.25) is 0 Å².